The number of aryl methyl sites for hydroxylation is 2. The first-order valence-corrected chi connectivity index (χ1v) is 13.1. The lowest BCUT2D eigenvalue weighted by Gasteiger charge is -2.26. The number of thiophene rings is 1. The summed E-state index contributed by atoms with van der Waals surface area (Å²) >= 11 is 1.71. The van der Waals surface area contributed by atoms with Gasteiger partial charge in [-0.25, -0.2) is 0 Å². The Morgan fingerprint density at radius 1 is 1.12 bits per heavy atom. The number of aromatic nitrogens is 3. The first-order valence-electron chi connectivity index (χ1n) is 12.3. The molecule has 0 bridgehead atoms. The van der Waals surface area contributed by atoms with Crippen molar-refractivity contribution in [2.24, 2.45) is 11.8 Å². The first kappa shape index (κ1) is 22.0. The molecule has 2 fully saturated rings. The zero-order valence-electron chi connectivity index (χ0n) is 18.9. The highest BCUT2D eigenvalue weighted by molar-refractivity contribution is 7.12. The van der Waals surface area contributed by atoms with Crippen LogP contribution in [0.1, 0.15) is 102 Å². The highest BCUT2D eigenvalue weighted by atomic mass is 32.1. The molecule has 0 aromatic carbocycles. The number of ketones is 2. The van der Waals surface area contributed by atoms with Gasteiger partial charge in [-0.15, -0.1) is 21.5 Å². The molecule has 0 amide bonds. The number of fused-ring (bicyclic) bond motifs is 1. The predicted molar refractivity (Wildman–Crippen MR) is 123 cm³/mol. The fourth-order valence-electron chi connectivity index (χ4n) is 5.15. The molecule has 2 heterocycles. The van der Waals surface area contributed by atoms with Crippen LogP contribution in [0, 0.1) is 11.8 Å². The quantitative estimate of drug-likeness (QED) is 0.507. The maximum absolute atomic E-state index is 13.4. The number of hydrogen-bond donors (Lipinski definition) is 1. The van der Waals surface area contributed by atoms with Gasteiger partial charge in [0.25, 0.3) is 0 Å². The largest absolute Gasteiger partial charge is 0.388 e. The molecular formula is C25H33N3O3S. The van der Waals surface area contributed by atoms with Crippen LogP contribution in [0.25, 0.3) is 0 Å². The molecule has 3 aliphatic carbocycles. The van der Waals surface area contributed by atoms with Crippen molar-refractivity contribution in [3.63, 3.8) is 0 Å². The fraction of sp³-hybridized carbons (Fsp3) is 0.680. The topological polar surface area (TPSA) is 85.1 Å². The van der Waals surface area contributed by atoms with Crippen LogP contribution in [-0.2, 0) is 37.1 Å². The number of aliphatic hydroxyl groups is 1. The highest BCUT2D eigenvalue weighted by Gasteiger charge is 2.35. The van der Waals surface area contributed by atoms with Crippen LogP contribution >= 0.6 is 11.3 Å². The number of Topliss-reactive ketones (excluding diaryl/α,β-unsaturated/α-hetero) is 2. The van der Waals surface area contributed by atoms with Gasteiger partial charge in [-0.3, -0.25) is 9.59 Å². The number of rotatable bonds is 11. The van der Waals surface area contributed by atoms with Gasteiger partial charge in [0.2, 0.25) is 0 Å². The molecule has 3 aliphatic rings. The summed E-state index contributed by atoms with van der Waals surface area (Å²) in [5.74, 6) is 3.01. The standard InChI is InChI=1S/C25H33N3O3S/c1-2-3-23-26-27-24(14-29)28(23)17-9-11-21-18(12-17)25(19(30)10-6-15-4-5-15)22(32-21)13-20(31)16-7-8-16/h15-17,29H,2-14H2,1H3. The molecular weight excluding hydrogens is 422 g/mol. The van der Waals surface area contributed by atoms with Crippen LogP contribution in [0.4, 0.5) is 0 Å². The number of nitrogens with zero attached hydrogens (tertiary/aromatic N) is 3. The van der Waals surface area contributed by atoms with Gasteiger partial charge in [0, 0.05) is 46.5 Å². The number of aliphatic hydroxyl groups excluding tert-OH is 1. The lowest BCUT2D eigenvalue weighted by Crippen LogP contribution is -2.23. The average molecular weight is 456 g/mol. The molecule has 7 heteroatoms. The minimum Gasteiger partial charge on any atom is -0.388 e. The molecule has 32 heavy (non-hydrogen) atoms. The molecule has 1 atom stereocenters. The van der Waals surface area contributed by atoms with E-state index >= 15 is 0 Å². The van der Waals surface area contributed by atoms with Crippen molar-refractivity contribution in [3.8, 4) is 0 Å². The van der Waals surface area contributed by atoms with E-state index in [2.05, 4.69) is 21.7 Å². The minimum absolute atomic E-state index is 0.127. The summed E-state index contributed by atoms with van der Waals surface area (Å²) in [5.41, 5.74) is 2.02. The van der Waals surface area contributed by atoms with Gasteiger partial charge in [0.05, 0.1) is 0 Å². The summed E-state index contributed by atoms with van der Waals surface area (Å²) in [6.07, 6.45) is 10.9. The van der Waals surface area contributed by atoms with Crippen molar-refractivity contribution in [2.45, 2.75) is 96.6 Å². The van der Waals surface area contributed by atoms with Gasteiger partial charge in [-0.2, -0.15) is 0 Å². The molecule has 1 unspecified atom stereocenters. The normalized spacial score (nSPS) is 20.4. The van der Waals surface area contributed by atoms with Gasteiger partial charge >= 0.3 is 0 Å². The molecule has 6 nitrogen and oxygen atoms in total. The van der Waals surface area contributed by atoms with E-state index in [1.54, 1.807) is 11.3 Å². The Labute approximate surface area is 193 Å². The predicted octanol–water partition coefficient (Wildman–Crippen LogP) is 4.41. The lowest BCUT2D eigenvalue weighted by molar-refractivity contribution is -0.119. The van der Waals surface area contributed by atoms with Crippen LogP contribution in [0.5, 0.6) is 0 Å². The molecule has 0 spiro atoms. The summed E-state index contributed by atoms with van der Waals surface area (Å²) in [7, 11) is 0. The SMILES string of the molecule is CCCc1nnc(CO)n1C1CCc2sc(CC(=O)C3CC3)c(C(=O)CCC3CC3)c2C1. The second-order valence-electron chi connectivity index (χ2n) is 9.83. The second kappa shape index (κ2) is 9.18. The van der Waals surface area contributed by atoms with E-state index in [-0.39, 0.29) is 24.3 Å². The van der Waals surface area contributed by atoms with E-state index < -0.39 is 0 Å². The van der Waals surface area contributed by atoms with E-state index in [1.807, 2.05) is 0 Å². The molecule has 0 radical (unpaired) electrons. The van der Waals surface area contributed by atoms with Crippen LogP contribution in [0.2, 0.25) is 0 Å². The Morgan fingerprint density at radius 2 is 1.91 bits per heavy atom. The zero-order chi connectivity index (χ0) is 22.2. The van der Waals surface area contributed by atoms with Crippen LogP contribution in [0.3, 0.4) is 0 Å². The molecule has 0 aliphatic heterocycles. The lowest BCUT2D eigenvalue weighted by atomic mass is 9.87. The van der Waals surface area contributed by atoms with Gasteiger partial charge in [0.1, 0.15) is 18.2 Å². The van der Waals surface area contributed by atoms with Crippen LogP contribution < -0.4 is 0 Å². The summed E-state index contributed by atoms with van der Waals surface area (Å²) in [5, 5.41) is 18.4. The first-order chi connectivity index (χ1) is 15.6. The molecule has 5 rings (SSSR count). The number of carbonyl (C=O) groups is 2. The smallest absolute Gasteiger partial charge is 0.164 e. The molecule has 2 aromatic heterocycles. The Morgan fingerprint density at radius 3 is 2.59 bits per heavy atom. The van der Waals surface area contributed by atoms with Gasteiger partial charge in [-0.05, 0) is 56.4 Å². The van der Waals surface area contributed by atoms with Gasteiger partial charge in [0.15, 0.2) is 11.6 Å². The van der Waals surface area contributed by atoms with Crippen molar-refractivity contribution in [1.82, 2.24) is 14.8 Å². The average Bonchev–Trinajstić information content (AvgIpc) is 3.71. The molecule has 2 aromatic rings. The van der Waals surface area contributed by atoms with E-state index in [0.29, 0.717) is 24.4 Å². The Hall–Kier alpha value is -1.86. The van der Waals surface area contributed by atoms with Crippen molar-refractivity contribution < 1.29 is 14.7 Å². The third kappa shape index (κ3) is 4.46. The third-order valence-electron chi connectivity index (χ3n) is 7.25. The Balaban J connectivity index is 1.46. The highest BCUT2D eigenvalue weighted by Crippen LogP contribution is 2.42. The van der Waals surface area contributed by atoms with Gasteiger partial charge in [-0.1, -0.05) is 19.8 Å². The van der Waals surface area contributed by atoms with E-state index in [0.717, 1.165) is 79.1 Å². The van der Waals surface area contributed by atoms with Crippen LogP contribution in [0.15, 0.2) is 0 Å². The third-order valence-corrected chi connectivity index (χ3v) is 8.54. The maximum Gasteiger partial charge on any atom is 0.164 e. The summed E-state index contributed by atoms with van der Waals surface area (Å²) < 4.78 is 2.12. The minimum atomic E-state index is -0.127. The van der Waals surface area contributed by atoms with E-state index in [1.165, 1.54) is 17.7 Å². The maximum atomic E-state index is 13.4. The number of hydrogen-bond acceptors (Lipinski definition) is 6. The zero-order valence-corrected chi connectivity index (χ0v) is 19.8. The number of carbonyl (C=O) groups excluding carboxylic acids is 2. The van der Waals surface area contributed by atoms with E-state index in [4.69, 9.17) is 0 Å². The van der Waals surface area contributed by atoms with Crippen molar-refractivity contribution in [3.05, 3.63) is 32.5 Å². The van der Waals surface area contributed by atoms with Crippen molar-refractivity contribution in [1.29, 1.82) is 0 Å². The molecule has 1 N–H and O–H groups in total. The summed E-state index contributed by atoms with van der Waals surface area (Å²) in [6, 6.07) is 0.151. The fourth-order valence-corrected chi connectivity index (χ4v) is 6.53. The van der Waals surface area contributed by atoms with Crippen LogP contribution in [-0.4, -0.2) is 31.4 Å². The Bertz CT molecular complexity index is 1020. The molecule has 172 valence electrons. The van der Waals surface area contributed by atoms with Crippen molar-refractivity contribution >= 4 is 22.9 Å². The monoisotopic (exact) mass is 455 g/mol. The van der Waals surface area contributed by atoms with Gasteiger partial charge < -0.3 is 9.67 Å². The van der Waals surface area contributed by atoms with E-state index in [9.17, 15) is 14.7 Å². The van der Waals surface area contributed by atoms with Crippen molar-refractivity contribution in [2.75, 3.05) is 0 Å². The Kier molecular flexibility index (Phi) is 6.30. The molecule has 0 saturated heterocycles. The summed E-state index contributed by atoms with van der Waals surface area (Å²) in [6.45, 7) is 1.99. The summed E-state index contributed by atoms with van der Waals surface area (Å²) in [4.78, 5) is 28.3. The second-order valence-corrected chi connectivity index (χ2v) is 11.0. The molecule has 2 saturated carbocycles.